The lowest BCUT2D eigenvalue weighted by atomic mass is 9.97. The molecule has 0 aromatic heterocycles. The number of benzene rings is 1. The van der Waals surface area contributed by atoms with Crippen LogP contribution in [0.5, 0.6) is 0 Å². The van der Waals surface area contributed by atoms with E-state index >= 15 is 0 Å². The van der Waals surface area contributed by atoms with Crippen LogP contribution in [0, 0.1) is 5.92 Å². The summed E-state index contributed by atoms with van der Waals surface area (Å²) < 4.78 is 5.35. The third kappa shape index (κ3) is 2.02. The second-order valence-corrected chi connectivity index (χ2v) is 4.68. The highest BCUT2D eigenvalue weighted by Crippen LogP contribution is 2.38. The Morgan fingerprint density at radius 1 is 1.40 bits per heavy atom. The molecule has 1 aliphatic rings. The van der Waals surface area contributed by atoms with Crippen LogP contribution in [0.2, 0.25) is 0 Å². The summed E-state index contributed by atoms with van der Waals surface area (Å²) in [5.41, 5.74) is 1.14. The van der Waals surface area contributed by atoms with Crippen LogP contribution in [0.4, 0.5) is 0 Å². The van der Waals surface area contributed by atoms with E-state index in [4.69, 9.17) is 4.74 Å². The number of carbonyl (C=O) groups excluding carboxylic acids is 1. The van der Waals surface area contributed by atoms with Gasteiger partial charge in [0.15, 0.2) is 0 Å². The van der Waals surface area contributed by atoms with Crippen LogP contribution in [0.3, 0.4) is 0 Å². The van der Waals surface area contributed by atoms with Crippen molar-refractivity contribution in [2.24, 2.45) is 5.92 Å². The predicted octanol–water partition coefficient (Wildman–Crippen LogP) is 3.03. The van der Waals surface area contributed by atoms with Crippen LogP contribution in [0.25, 0.3) is 0 Å². The van der Waals surface area contributed by atoms with Gasteiger partial charge in [0.1, 0.15) is 6.10 Å². The van der Waals surface area contributed by atoms with Gasteiger partial charge >= 0.3 is 5.97 Å². The molecule has 80 valence electrons. The number of hydrogen-bond acceptors (Lipinski definition) is 3. The Balaban J connectivity index is 2.32. The lowest BCUT2D eigenvalue weighted by molar-refractivity contribution is -0.141. The van der Waals surface area contributed by atoms with Crippen molar-refractivity contribution < 1.29 is 9.53 Å². The second-order valence-electron chi connectivity index (χ2n) is 3.83. The lowest BCUT2D eigenvalue weighted by Crippen LogP contribution is -2.05. The SMILES string of the molecule is CSc1ccccc1[C@@H]1OC(=O)C[C@H]1C. The summed E-state index contributed by atoms with van der Waals surface area (Å²) in [6.45, 7) is 2.06. The molecule has 1 aromatic carbocycles. The molecule has 0 N–H and O–H groups in total. The molecule has 15 heavy (non-hydrogen) atoms. The van der Waals surface area contributed by atoms with Crippen molar-refractivity contribution in [1.82, 2.24) is 0 Å². The first-order valence-electron chi connectivity index (χ1n) is 5.04. The Morgan fingerprint density at radius 2 is 2.13 bits per heavy atom. The molecular weight excluding hydrogens is 208 g/mol. The van der Waals surface area contributed by atoms with E-state index in [-0.39, 0.29) is 18.0 Å². The summed E-state index contributed by atoms with van der Waals surface area (Å²) in [5.74, 6) is 0.203. The van der Waals surface area contributed by atoms with Crippen molar-refractivity contribution in [2.75, 3.05) is 6.26 Å². The van der Waals surface area contributed by atoms with Crippen molar-refractivity contribution >= 4 is 17.7 Å². The fourth-order valence-electron chi connectivity index (χ4n) is 1.95. The lowest BCUT2D eigenvalue weighted by Gasteiger charge is -2.16. The second kappa shape index (κ2) is 4.27. The van der Waals surface area contributed by atoms with Crippen molar-refractivity contribution in [1.29, 1.82) is 0 Å². The summed E-state index contributed by atoms with van der Waals surface area (Å²) in [7, 11) is 0. The molecule has 0 amide bonds. The number of cyclic esters (lactones) is 1. The van der Waals surface area contributed by atoms with Crippen LogP contribution >= 0.6 is 11.8 Å². The highest BCUT2D eigenvalue weighted by Gasteiger charge is 2.33. The van der Waals surface area contributed by atoms with Gasteiger partial charge in [0.2, 0.25) is 0 Å². The molecule has 1 heterocycles. The highest BCUT2D eigenvalue weighted by atomic mass is 32.2. The van der Waals surface area contributed by atoms with Crippen LogP contribution in [-0.2, 0) is 9.53 Å². The maximum atomic E-state index is 11.2. The zero-order valence-electron chi connectivity index (χ0n) is 8.90. The maximum absolute atomic E-state index is 11.2. The fourth-order valence-corrected chi connectivity index (χ4v) is 2.58. The zero-order valence-corrected chi connectivity index (χ0v) is 9.71. The summed E-state index contributed by atoms with van der Waals surface area (Å²) in [4.78, 5) is 12.4. The molecule has 0 unspecified atom stereocenters. The third-order valence-electron chi connectivity index (χ3n) is 2.71. The van der Waals surface area contributed by atoms with Crippen molar-refractivity contribution in [3.8, 4) is 0 Å². The molecule has 2 atom stereocenters. The van der Waals surface area contributed by atoms with Crippen LogP contribution in [0.1, 0.15) is 25.0 Å². The molecular formula is C12H14O2S. The summed E-state index contributed by atoms with van der Waals surface area (Å²) in [6.07, 6.45) is 2.52. The number of esters is 1. The molecule has 3 heteroatoms. The molecule has 1 aromatic rings. The van der Waals surface area contributed by atoms with Crippen molar-refractivity contribution in [2.45, 2.75) is 24.3 Å². The van der Waals surface area contributed by atoms with E-state index in [0.717, 1.165) is 5.56 Å². The highest BCUT2D eigenvalue weighted by molar-refractivity contribution is 7.98. The van der Waals surface area contributed by atoms with Gasteiger partial charge in [0.05, 0.1) is 6.42 Å². The molecule has 0 bridgehead atoms. The van der Waals surface area contributed by atoms with E-state index in [0.29, 0.717) is 6.42 Å². The summed E-state index contributed by atoms with van der Waals surface area (Å²) >= 11 is 1.69. The molecule has 1 saturated heterocycles. The summed E-state index contributed by atoms with van der Waals surface area (Å²) in [5, 5.41) is 0. The van der Waals surface area contributed by atoms with Gasteiger partial charge in [0.25, 0.3) is 0 Å². The summed E-state index contributed by atoms with van der Waals surface area (Å²) in [6, 6.07) is 8.12. The first kappa shape index (κ1) is 10.6. The van der Waals surface area contributed by atoms with Gasteiger partial charge in [-0.05, 0) is 12.3 Å². The Hall–Kier alpha value is -0.960. The largest absolute Gasteiger partial charge is 0.457 e. The maximum Gasteiger partial charge on any atom is 0.306 e. The standard InChI is InChI=1S/C12H14O2S/c1-8-7-11(13)14-12(8)9-5-3-4-6-10(9)15-2/h3-6,8,12H,7H2,1-2H3/t8-,12-/m1/s1. The van der Waals surface area contributed by atoms with Crippen LogP contribution in [-0.4, -0.2) is 12.2 Å². The zero-order chi connectivity index (χ0) is 10.8. The molecule has 2 rings (SSSR count). The van der Waals surface area contributed by atoms with Crippen molar-refractivity contribution in [3.63, 3.8) is 0 Å². The van der Waals surface area contributed by atoms with Gasteiger partial charge < -0.3 is 4.74 Å². The van der Waals surface area contributed by atoms with Crippen molar-refractivity contribution in [3.05, 3.63) is 29.8 Å². The molecule has 0 aliphatic carbocycles. The Bertz CT molecular complexity index is 376. The minimum absolute atomic E-state index is 0.0545. The fraction of sp³-hybridized carbons (Fsp3) is 0.417. The van der Waals surface area contributed by atoms with Gasteiger partial charge in [-0.3, -0.25) is 4.79 Å². The number of rotatable bonds is 2. The average molecular weight is 222 g/mol. The minimum atomic E-state index is -0.0802. The van der Waals surface area contributed by atoms with E-state index in [9.17, 15) is 4.79 Å². The Kier molecular flexibility index (Phi) is 3.00. The van der Waals surface area contributed by atoms with E-state index in [1.807, 2.05) is 24.5 Å². The number of carbonyl (C=O) groups is 1. The molecule has 0 radical (unpaired) electrons. The van der Waals surface area contributed by atoms with E-state index in [1.54, 1.807) is 11.8 Å². The third-order valence-corrected chi connectivity index (χ3v) is 3.52. The quantitative estimate of drug-likeness (QED) is 0.568. The normalized spacial score (nSPS) is 25.3. The van der Waals surface area contributed by atoms with Gasteiger partial charge in [-0.1, -0.05) is 25.1 Å². The first-order chi connectivity index (χ1) is 7.22. The number of thioether (sulfide) groups is 1. The number of hydrogen-bond donors (Lipinski definition) is 0. The molecule has 1 aliphatic heterocycles. The van der Waals surface area contributed by atoms with Crippen LogP contribution in [0.15, 0.2) is 29.2 Å². The molecule has 1 fully saturated rings. The molecule has 0 spiro atoms. The Morgan fingerprint density at radius 3 is 2.73 bits per heavy atom. The van der Waals surface area contributed by atoms with Gasteiger partial charge in [-0.15, -0.1) is 11.8 Å². The molecule has 2 nitrogen and oxygen atoms in total. The Labute approximate surface area is 94.0 Å². The average Bonchev–Trinajstić information content (AvgIpc) is 2.57. The number of ether oxygens (including phenoxy) is 1. The van der Waals surface area contributed by atoms with Gasteiger partial charge in [-0.25, -0.2) is 0 Å². The van der Waals surface area contributed by atoms with E-state index in [1.165, 1.54) is 4.90 Å². The minimum Gasteiger partial charge on any atom is -0.457 e. The monoisotopic (exact) mass is 222 g/mol. The van der Waals surface area contributed by atoms with Gasteiger partial charge in [0, 0.05) is 16.4 Å². The topological polar surface area (TPSA) is 26.3 Å². The van der Waals surface area contributed by atoms with E-state index in [2.05, 4.69) is 13.0 Å². The van der Waals surface area contributed by atoms with Crippen LogP contribution < -0.4 is 0 Å². The van der Waals surface area contributed by atoms with Gasteiger partial charge in [-0.2, -0.15) is 0 Å². The molecule has 0 saturated carbocycles. The predicted molar refractivity (Wildman–Crippen MR) is 60.8 cm³/mol. The first-order valence-corrected chi connectivity index (χ1v) is 6.27. The smallest absolute Gasteiger partial charge is 0.306 e. The van der Waals surface area contributed by atoms with E-state index < -0.39 is 0 Å².